The average Bonchev–Trinajstić information content (AvgIpc) is 2.22. The van der Waals surface area contributed by atoms with E-state index < -0.39 is 18.0 Å². The van der Waals surface area contributed by atoms with Gasteiger partial charge in [0.2, 0.25) is 0 Å². The largest absolute Gasteiger partial charge is 0.480 e. The molecule has 0 aromatic carbocycles. The first-order chi connectivity index (χ1) is 8.36. The summed E-state index contributed by atoms with van der Waals surface area (Å²) in [6.45, 7) is 6.07. The molecular weight excluding hydrogens is 252 g/mol. The second-order valence-corrected chi connectivity index (χ2v) is 5.81. The lowest BCUT2D eigenvalue weighted by Gasteiger charge is -2.19. The number of thioether (sulfide) groups is 1. The first-order valence-corrected chi connectivity index (χ1v) is 7.55. The van der Waals surface area contributed by atoms with Gasteiger partial charge in [0.25, 0.3) is 0 Å². The molecule has 0 aliphatic heterocycles. The van der Waals surface area contributed by atoms with Crippen LogP contribution in [0.4, 0.5) is 4.79 Å². The number of rotatable bonds is 8. The minimum Gasteiger partial charge on any atom is -0.480 e. The van der Waals surface area contributed by atoms with Crippen LogP contribution >= 0.6 is 11.8 Å². The summed E-state index contributed by atoms with van der Waals surface area (Å²) < 4.78 is 0. The van der Waals surface area contributed by atoms with Crippen LogP contribution in [0.2, 0.25) is 0 Å². The van der Waals surface area contributed by atoms with Crippen LogP contribution in [0.15, 0.2) is 0 Å². The zero-order valence-electron chi connectivity index (χ0n) is 11.5. The molecular formula is C12H24N2O3S. The third-order valence-corrected chi connectivity index (χ3v) is 3.06. The fraction of sp³-hybridized carbons (Fsp3) is 0.833. The fourth-order valence-corrected chi connectivity index (χ4v) is 2.15. The van der Waals surface area contributed by atoms with Crippen LogP contribution in [0.3, 0.4) is 0 Å². The summed E-state index contributed by atoms with van der Waals surface area (Å²) in [5.74, 6) is 0.210. The molecule has 0 spiro atoms. The van der Waals surface area contributed by atoms with Crippen molar-refractivity contribution in [1.82, 2.24) is 10.6 Å². The van der Waals surface area contributed by atoms with Gasteiger partial charge in [0.15, 0.2) is 0 Å². The number of hydrogen-bond donors (Lipinski definition) is 3. The molecule has 0 aromatic rings. The van der Waals surface area contributed by atoms with Crippen molar-refractivity contribution in [3.8, 4) is 0 Å². The van der Waals surface area contributed by atoms with Gasteiger partial charge >= 0.3 is 12.0 Å². The summed E-state index contributed by atoms with van der Waals surface area (Å²) in [7, 11) is 0. The first kappa shape index (κ1) is 17.1. The molecule has 3 N–H and O–H groups in total. The van der Waals surface area contributed by atoms with E-state index in [-0.39, 0.29) is 6.04 Å². The Labute approximate surface area is 113 Å². The molecule has 0 aliphatic rings. The molecule has 0 fully saturated rings. The van der Waals surface area contributed by atoms with Crippen LogP contribution in [-0.4, -0.2) is 41.2 Å². The van der Waals surface area contributed by atoms with E-state index in [0.29, 0.717) is 18.1 Å². The van der Waals surface area contributed by atoms with Gasteiger partial charge in [-0.25, -0.2) is 9.59 Å². The lowest BCUT2D eigenvalue weighted by molar-refractivity contribution is -0.139. The number of carbonyl (C=O) groups is 2. The average molecular weight is 276 g/mol. The smallest absolute Gasteiger partial charge is 0.326 e. The van der Waals surface area contributed by atoms with Gasteiger partial charge in [-0.1, -0.05) is 13.8 Å². The molecule has 2 unspecified atom stereocenters. The molecule has 106 valence electrons. The maximum Gasteiger partial charge on any atom is 0.326 e. The number of carboxylic acids is 1. The molecule has 0 rings (SSSR count). The van der Waals surface area contributed by atoms with E-state index in [1.54, 1.807) is 11.8 Å². The molecule has 0 heterocycles. The van der Waals surface area contributed by atoms with Crippen molar-refractivity contribution < 1.29 is 14.7 Å². The van der Waals surface area contributed by atoms with Gasteiger partial charge in [0.1, 0.15) is 6.04 Å². The molecule has 5 nitrogen and oxygen atoms in total. The number of hydrogen-bond acceptors (Lipinski definition) is 3. The highest BCUT2D eigenvalue weighted by atomic mass is 32.2. The molecule has 0 aromatic heterocycles. The SMILES string of the molecule is CSCCC(NC(=O)NC(C)CC(C)C)C(=O)O. The molecule has 6 heteroatoms. The predicted molar refractivity (Wildman–Crippen MR) is 75.0 cm³/mol. The van der Waals surface area contributed by atoms with E-state index >= 15 is 0 Å². The standard InChI is InChI=1S/C12H24N2O3S/c1-8(2)7-9(3)13-12(17)14-10(11(15)16)5-6-18-4/h8-10H,5-7H2,1-4H3,(H,15,16)(H2,13,14,17). The number of nitrogens with one attached hydrogen (secondary N) is 2. The fourth-order valence-electron chi connectivity index (χ4n) is 1.68. The van der Waals surface area contributed by atoms with Crippen molar-refractivity contribution in [2.24, 2.45) is 5.92 Å². The molecule has 18 heavy (non-hydrogen) atoms. The van der Waals surface area contributed by atoms with Crippen molar-refractivity contribution in [1.29, 1.82) is 0 Å². The third kappa shape index (κ3) is 8.22. The van der Waals surface area contributed by atoms with Gasteiger partial charge in [-0.05, 0) is 37.7 Å². The van der Waals surface area contributed by atoms with Crippen molar-refractivity contribution in [2.45, 2.75) is 45.7 Å². The van der Waals surface area contributed by atoms with Crippen molar-refractivity contribution in [3.05, 3.63) is 0 Å². The quantitative estimate of drug-likeness (QED) is 0.633. The minimum atomic E-state index is -0.990. The molecule has 0 saturated carbocycles. The predicted octanol–water partition coefficient (Wildman–Crippen LogP) is 1.93. The lowest BCUT2D eigenvalue weighted by atomic mass is 10.1. The maximum absolute atomic E-state index is 11.6. The number of carbonyl (C=O) groups excluding carboxylic acids is 1. The number of urea groups is 1. The van der Waals surface area contributed by atoms with Gasteiger partial charge in [0.05, 0.1) is 0 Å². The normalized spacial score (nSPS) is 14.1. The van der Waals surface area contributed by atoms with Crippen LogP contribution in [0.25, 0.3) is 0 Å². The summed E-state index contributed by atoms with van der Waals surface area (Å²) in [6.07, 6.45) is 3.21. The van der Waals surface area contributed by atoms with Gasteiger partial charge in [-0.15, -0.1) is 0 Å². The lowest BCUT2D eigenvalue weighted by Crippen LogP contribution is -2.48. The zero-order valence-corrected chi connectivity index (χ0v) is 12.3. The first-order valence-electron chi connectivity index (χ1n) is 6.15. The Balaban J connectivity index is 4.12. The number of amides is 2. The third-order valence-electron chi connectivity index (χ3n) is 2.42. The zero-order chi connectivity index (χ0) is 14.1. The summed E-state index contributed by atoms with van der Waals surface area (Å²) in [4.78, 5) is 22.6. The van der Waals surface area contributed by atoms with E-state index in [1.807, 2.05) is 13.2 Å². The van der Waals surface area contributed by atoms with Crippen LogP contribution in [0.5, 0.6) is 0 Å². The Morgan fingerprint density at radius 1 is 1.22 bits per heavy atom. The highest BCUT2D eigenvalue weighted by molar-refractivity contribution is 7.98. The van der Waals surface area contributed by atoms with Crippen molar-refractivity contribution in [2.75, 3.05) is 12.0 Å². The molecule has 2 amide bonds. The Bertz CT molecular complexity index is 272. The molecule has 0 saturated heterocycles. The van der Waals surface area contributed by atoms with Crippen LogP contribution in [0.1, 0.15) is 33.6 Å². The van der Waals surface area contributed by atoms with Gasteiger partial charge in [-0.2, -0.15) is 11.8 Å². The second kappa shape index (κ2) is 9.08. The van der Waals surface area contributed by atoms with Gasteiger partial charge in [-0.3, -0.25) is 0 Å². The molecule has 0 aliphatic carbocycles. The van der Waals surface area contributed by atoms with Crippen molar-refractivity contribution >= 4 is 23.8 Å². The van der Waals surface area contributed by atoms with Crippen molar-refractivity contribution in [3.63, 3.8) is 0 Å². The van der Waals surface area contributed by atoms with Gasteiger partial charge in [0, 0.05) is 6.04 Å². The Morgan fingerprint density at radius 3 is 2.28 bits per heavy atom. The van der Waals surface area contributed by atoms with E-state index in [2.05, 4.69) is 24.5 Å². The summed E-state index contributed by atoms with van der Waals surface area (Å²) >= 11 is 1.56. The minimum absolute atomic E-state index is 0.0417. The second-order valence-electron chi connectivity index (χ2n) is 4.82. The van der Waals surface area contributed by atoms with Crippen LogP contribution in [0, 0.1) is 5.92 Å². The van der Waals surface area contributed by atoms with Crippen LogP contribution < -0.4 is 10.6 Å². The Morgan fingerprint density at radius 2 is 1.83 bits per heavy atom. The monoisotopic (exact) mass is 276 g/mol. The number of carboxylic acid groups (broad SMARTS) is 1. The van der Waals surface area contributed by atoms with Crippen LogP contribution in [-0.2, 0) is 4.79 Å². The summed E-state index contributed by atoms with van der Waals surface area (Å²) in [6, 6.07) is -1.18. The number of aliphatic carboxylic acids is 1. The highest BCUT2D eigenvalue weighted by Gasteiger charge is 2.20. The maximum atomic E-state index is 11.6. The van der Waals surface area contributed by atoms with Gasteiger partial charge < -0.3 is 15.7 Å². The molecule has 0 bridgehead atoms. The summed E-state index contributed by atoms with van der Waals surface area (Å²) in [5, 5.41) is 14.2. The highest BCUT2D eigenvalue weighted by Crippen LogP contribution is 2.04. The topological polar surface area (TPSA) is 78.4 Å². The molecule has 2 atom stereocenters. The van der Waals surface area contributed by atoms with E-state index in [9.17, 15) is 9.59 Å². The molecule has 0 radical (unpaired) electrons. The van der Waals surface area contributed by atoms with E-state index in [1.165, 1.54) is 0 Å². The summed E-state index contributed by atoms with van der Waals surface area (Å²) in [5.41, 5.74) is 0. The Kier molecular flexibility index (Phi) is 8.62. The van der Waals surface area contributed by atoms with E-state index in [4.69, 9.17) is 5.11 Å². The van der Waals surface area contributed by atoms with E-state index in [0.717, 1.165) is 6.42 Å². The Hall–Kier alpha value is -0.910.